The van der Waals surface area contributed by atoms with Gasteiger partial charge in [-0.25, -0.2) is 0 Å². The van der Waals surface area contributed by atoms with E-state index in [0.717, 1.165) is 65.9 Å². The first-order chi connectivity index (χ1) is 27.8. The normalized spacial score (nSPS) is 11.8. The Hall–Kier alpha value is -7.36. The second kappa shape index (κ2) is 13.1. The van der Waals surface area contributed by atoms with Crippen LogP contribution in [0.1, 0.15) is 16.7 Å². The fourth-order valence-electron chi connectivity index (χ4n) is 8.44. The molecule has 2 heterocycles. The molecule has 0 aliphatic rings. The summed E-state index contributed by atoms with van der Waals surface area (Å²) in [5.41, 5.74) is 10.1. The highest BCUT2D eigenvalue weighted by Crippen LogP contribution is 2.42. The summed E-state index contributed by atoms with van der Waals surface area (Å²) in [6.45, 7) is 1.68. The van der Waals surface area contributed by atoms with E-state index in [2.05, 4.69) is 88.0 Å². The number of aryl methyl sites for hydroxylation is 1. The van der Waals surface area contributed by atoms with E-state index in [-0.39, 0.29) is 0 Å². The molecule has 272 valence electrons. The largest absolute Gasteiger partial charge is 0.416 e. The summed E-state index contributed by atoms with van der Waals surface area (Å²) in [7, 11) is 0. The van der Waals surface area contributed by atoms with Crippen LogP contribution in [0, 0.1) is 18.3 Å². The zero-order chi connectivity index (χ0) is 38.8. The van der Waals surface area contributed by atoms with E-state index >= 15 is 0 Å². The van der Waals surface area contributed by atoms with Crippen LogP contribution >= 0.6 is 0 Å². The Morgan fingerprint density at radius 1 is 0.421 bits per heavy atom. The van der Waals surface area contributed by atoms with Gasteiger partial charge in [-0.05, 0) is 107 Å². The molecule has 6 heteroatoms. The Morgan fingerprint density at radius 3 is 1.33 bits per heavy atom. The zero-order valence-electron chi connectivity index (χ0n) is 30.7. The van der Waals surface area contributed by atoms with Crippen LogP contribution < -0.4 is 0 Å². The number of alkyl halides is 3. The standard InChI is InChI=1S/C51H32F3N3/c1-32-24-37(26-39(25-32)51(52,53)54)38-29-49(56-45-18-10-8-16-40(45)42-27-35(20-22-47(42)56)33-12-4-2-5-13-33)44(31-55)50(30-38)57-46-19-11-9-17-41(46)43-28-36(21-23-48(43)57)34-14-6-3-7-15-34/h2-30H,1H3. The van der Waals surface area contributed by atoms with Crippen molar-refractivity contribution in [1.29, 1.82) is 5.26 Å². The first-order valence-electron chi connectivity index (χ1n) is 18.7. The molecule has 0 radical (unpaired) electrons. The number of hydrogen-bond donors (Lipinski definition) is 0. The van der Waals surface area contributed by atoms with E-state index in [1.165, 1.54) is 12.1 Å². The molecule has 0 fully saturated rings. The van der Waals surface area contributed by atoms with Gasteiger partial charge in [0.2, 0.25) is 0 Å². The van der Waals surface area contributed by atoms with Gasteiger partial charge in [-0.15, -0.1) is 0 Å². The fourth-order valence-corrected chi connectivity index (χ4v) is 8.44. The Bertz CT molecular complexity index is 3060. The topological polar surface area (TPSA) is 33.6 Å². The number of halogens is 3. The maximum absolute atomic E-state index is 14.3. The highest BCUT2D eigenvalue weighted by molar-refractivity contribution is 6.12. The molecular formula is C51H32F3N3. The van der Waals surface area contributed by atoms with Crippen molar-refractivity contribution < 1.29 is 13.2 Å². The average Bonchev–Trinajstić information content (AvgIpc) is 3.75. The lowest BCUT2D eigenvalue weighted by molar-refractivity contribution is -0.137. The lowest BCUT2D eigenvalue weighted by atomic mass is 9.96. The molecule has 0 saturated carbocycles. The number of fused-ring (bicyclic) bond motifs is 6. The van der Waals surface area contributed by atoms with E-state index in [9.17, 15) is 18.4 Å². The van der Waals surface area contributed by atoms with Crippen LogP contribution in [0.5, 0.6) is 0 Å². The second-order valence-corrected chi connectivity index (χ2v) is 14.5. The molecule has 0 spiro atoms. The molecule has 3 nitrogen and oxygen atoms in total. The minimum atomic E-state index is -4.54. The SMILES string of the molecule is Cc1cc(-c2cc(-n3c4ccccc4c4cc(-c5ccccc5)ccc43)c(C#N)c(-n3c4ccccc4c4cc(-c5ccccc5)ccc43)c2)cc(C(F)(F)F)c1. The maximum Gasteiger partial charge on any atom is 0.416 e. The summed E-state index contributed by atoms with van der Waals surface area (Å²) in [4.78, 5) is 0. The molecule has 0 unspecified atom stereocenters. The monoisotopic (exact) mass is 743 g/mol. The number of rotatable bonds is 5. The van der Waals surface area contributed by atoms with Crippen LogP contribution in [0.3, 0.4) is 0 Å². The molecule has 0 N–H and O–H groups in total. The van der Waals surface area contributed by atoms with Crippen LogP contribution in [0.15, 0.2) is 176 Å². The Balaban J connectivity index is 1.32. The first-order valence-corrected chi connectivity index (χ1v) is 18.7. The predicted molar refractivity (Wildman–Crippen MR) is 226 cm³/mol. The Labute approximate surface area is 326 Å². The number of nitriles is 1. The Kier molecular flexibility index (Phi) is 7.88. The van der Waals surface area contributed by atoms with Gasteiger partial charge in [0.05, 0.1) is 39.0 Å². The molecular weight excluding hydrogens is 712 g/mol. The smallest absolute Gasteiger partial charge is 0.308 e. The third kappa shape index (κ3) is 5.67. The van der Waals surface area contributed by atoms with Gasteiger partial charge in [0, 0.05) is 21.5 Å². The molecule has 0 saturated heterocycles. The Morgan fingerprint density at radius 2 is 0.860 bits per heavy atom. The fraction of sp³-hybridized carbons (Fsp3) is 0.0392. The zero-order valence-corrected chi connectivity index (χ0v) is 30.7. The van der Waals surface area contributed by atoms with Gasteiger partial charge in [-0.2, -0.15) is 18.4 Å². The van der Waals surface area contributed by atoms with Gasteiger partial charge in [-0.1, -0.05) is 115 Å². The molecule has 0 aliphatic heterocycles. The van der Waals surface area contributed by atoms with Crippen molar-refractivity contribution in [2.24, 2.45) is 0 Å². The minimum absolute atomic E-state index is 0.395. The number of para-hydroxylation sites is 2. The molecule has 10 aromatic rings. The number of benzene rings is 8. The van der Waals surface area contributed by atoms with Gasteiger partial charge in [0.1, 0.15) is 11.6 Å². The summed E-state index contributed by atoms with van der Waals surface area (Å²) >= 11 is 0. The van der Waals surface area contributed by atoms with Crippen molar-refractivity contribution in [2.45, 2.75) is 13.1 Å². The lowest BCUT2D eigenvalue weighted by Gasteiger charge is -2.19. The second-order valence-electron chi connectivity index (χ2n) is 14.5. The van der Waals surface area contributed by atoms with Crippen molar-refractivity contribution in [3.8, 4) is 50.8 Å². The molecule has 8 aromatic carbocycles. The van der Waals surface area contributed by atoms with Crippen LogP contribution in [-0.4, -0.2) is 9.13 Å². The van der Waals surface area contributed by atoms with E-state index in [4.69, 9.17) is 0 Å². The van der Waals surface area contributed by atoms with Crippen molar-refractivity contribution in [2.75, 3.05) is 0 Å². The summed E-state index contributed by atoms with van der Waals surface area (Å²) in [6.07, 6.45) is -4.54. The molecule has 57 heavy (non-hydrogen) atoms. The van der Waals surface area contributed by atoms with Crippen molar-refractivity contribution in [1.82, 2.24) is 9.13 Å². The molecule has 10 rings (SSSR count). The third-order valence-corrected chi connectivity index (χ3v) is 11.0. The van der Waals surface area contributed by atoms with E-state index < -0.39 is 11.7 Å². The van der Waals surface area contributed by atoms with Gasteiger partial charge < -0.3 is 9.13 Å². The highest BCUT2D eigenvalue weighted by Gasteiger charge is 2.31. The summed E-state index contributed by atoms with van der Waals surface area (Å²) in [5, 5.41) is 15.3. The summed E-state index contributed by atoms with van der Waals surface area (Å²) in [6, 6.07) is 59.7. The summed E-state index contributed by atoms with van der Waals surface area (Å²) in [5.74, 6) is 0. The van der Waals surface area contributed by atoms with Gasteiger partial charge in [-0.3, -0.25) is 0 Å². The van der Waals surface area contributed by atoms with Crippen LogP contribution in [0.25, 0.3) is 88.4 Å². The molecule has 0 aliphatic carbocycles. The van der Waals surface area contributed by atoms with Crippen molar-refractivity contribution in [3.63, 3.8) is 0 Å². The van der Waals surface area contributed by atoms with E-state index in [1.807, 2.05) is 84.9 Å². The lowest BCUT2D eigenvalue weighted by Crippen LogP contribution is -2.07. The number of nitrogens with zero attached hydrogens (tertiary/aromatic N) is 3. The molecule has 2 aromatic heterocycles. The molecule has 0 amide bonds. The summed E-state index contributed by atoms with van der Waals surface area (Å²) < 4.78 is 47.2. The van der Waals surface area contributed by atoms with Gasteiger partial charge in [0.15, 0.2) is 0 Å². The highest BCUT2D eigenvalue weighted by atomic mass is 19.4. The van der Waals surface area contributed by atoms with Crippen LogP contribution in [-0.2, 0) is 6.18 Å². The molecule has 0 atom stereocenters. The predicted octanol–water partition coefficient (Wildman–Crippen LogP) is 14.1. The van der Waals surface area contributed by atoms with Crippen LogP contribution in [0.2, 0.25) is 0 Å². The van der Waals surface area contributed by atoms with E-state index in [1.54, 1.807) is 13.0 Å². The van der Waals surface area contributed by atoms with Crippen molar-refractivity contribution >= 4 is 43.6 Å². The minimum Gasteiger partial charge on any atom is -0.308 e. The van der Waals surface area contributed by atoms with Crippen molar-refractivity contribution in [3.05, 3.63) is 193 Å². The van der Waals surface area contributed by atoms with Gasteiger partial charge >= 0.3 is 6.18 Å². The quantitative estimate of drug-likeness (QED) is 0.173. The number of aromatic nitrogens is 2. The van der Waals surface area contributed by atoms with Gasteiger partial charge in [0.25, 0.3) is 0 Å². The van der Waals surface area contributed by atoms with Crippen LogP contribution in [0.4, 0.5) is 13.2 Å². The number of hydrogen-bond acceptors (Lipinski definition) is 1. The first kappa shape index (κ1) is 34.2. The average molecular weight is 744 g/mol. The third-order valence-electron chi connectivity index (χ3n) is 11.0. The van der Waals surface area contributed by atoms with E-state index in [0.29, 0.717) is 33.6 Å². The maximum atomic E-state index is 14.3. The molecule has 0 bridgehead atoms.